The van der Waals surface area contributed by atoms with Crippen LogP contribution in [0.1, 0.15) is 36.4 Å². The van der Waals surface area contributed by atoms with Gasteiger partial charge in [-0.05, 0) is 18.4 Å². The Morgan fingerprint density at radius 1 is 1.53 bits per heavy atom. The lowest BCUT2D eigenvalue weighted by Gasteiger charge is -2.34. The highest BCUT2D eigenvalue weighted by Crippen LogP contribution is 2.25. The number of likely N-dealkylation sites (tertiary alicyclic amines) is 1. The summed E-state index contributed by atoms with van der Waals surface area (Å²) in [5.74, 6) is -0.498. The van der Waals surface area contributed by atoms with Gasteiger partial charge in [0.2, 0.25) is 0 Å². The van der Waals surface area contributed by atoms with Gasteiger partial charge in [0.15, 0.2) is 0 Å². The Morgan fingerprint density at radius 2 is 2.26 bits per heavy atom. The fourth-order valence-corrected chi connectivity index (χ4v) is 2.67. The number of nitrogens with zero attached hydrogens (tertiary/aromatic N) is 1. The van der Waals surface area contributed by atoms with Crippen LogP contribution >= 0.6 is 0 Å². The summed E-state index contributed by atoms with van der Waals surface area (Å²) in [4.78, 5) is 25.2. The first kappa shape index (κ1) is 13.6. The predicted octanol–water partition coefficient (Wildman–Crippen LogP) is 2.02. The van der Waals surface area contributed by atoms with Crippen LogP contribution in [0.2, 0.25) is 0 Å². The SMILES string of the molecule is CCc1occc1C(=O)N1CCC(C(=O)O)C(C)C1. The highest BCUT2D eigenvalue weighted by molar-refractivity contribution is 5.95. The Morgan fingerprint density at radius 3 is 2.84 bits per heavy atom. The van der Waals surface area contributed by atoms with Crippen molar-refractivity contribution in [2.24, 2.45) is 11.8 Å². The molecule has 0 radical (unpaired) electrons. The highest BCUT2D eigenvalue weighted by atomic mass is 16.4. The minimum Gasteiger partial charge on any atom is -0.481 e. The molecule has 2 heterocycles. The van der Waals surface area contributed by atoms with Crippen LogP contribution in [0, 0.1) is 11.8 Å². The van der Waals surface area contributed by atoms with E-state index in [2.05, 4.69) is 0 Å². The first-order chi connectivity index (χ1) is 9.04. The first-order valence-electron chi connectivity index (χ1n) is 6.63. The lowest BCUT2D eigenvalue weighted by Crippen LogP contribution is -2.45. The van der Waals surface area contributed by atoms with Crippen molar-refractivity contribution in [1.29, 1.82) is 0 Å². The van der Waals surface area contributed by atoms with Crippen LogP contribution in [0.4, 0.5) is 0 Å². The van der Waals surface area contributed by atoms with E-state index in [1.165, 1.54) is 6.26 Å². The molecule has 5 heteroatoms. The average molecular weight is 265 g/mol. The molecule has 2 atom stereocenters. The summed E-state index contributed by atoms with van der Waals surface area (Å²) >= 11 is 0. The number of rotatable bonds is 3. The van der Waals surface area contributed by atoms with Gasteiger partial charge < -0.3 is 14.4 Å². The number of aryl methyl sites for hydroxylation is 1. The standard InChI is InChI=1S/C14H19NO4/c1-3-12-11(5-7-19-12)13(16)15-6-4-10(14(17)18)9(2)8-15/h5,7,9-10H,3-4,6,8H2,1-2H3,(H,17,18). The summed E-state index contributed by atoms with van der Waals surface area (Å²) in [5.41, 5.74) is 0.600. The number of carboxylic acids is 1. The highest BCUT2D eigenvalue weighted by Gasteiger charge is 2.33. The minimum absolute atomic E-state index is 0.0211. The van der Waals surface area contributed by atoms with Crippen molar-refractivity contribution in [2.45, 2.75) is 26.7 Å². The average Bonchev–Trinajstić information content (AvgIpc) is 2.85. The smallest absolute Gasteiger partial charge is 0.306 e. The maximum absolute atomic E-state index is 12.4. The molecule has 0 aliphatic carbocycles. The van der Waals surface area contributed by atoms with Crippen molar-refractivity contribution in [3.05, 3.63) is 23.7 Å². The predicted molar refractivity (Wildman–Crippen MR) is 68.9 cm³/mol. The Labute approximate surface area is 112 Å². The number of hydrogen-bond acceptors (Lipinski definition) is 3. The van der Waals surface area contributed by atoms with Crippen LogP contribution in [-0.4, -0.2) is 35.0 Å². The number of amides is 1. The van der Waals surface area contributed by atoms with Gasteiger partial charge in [-0.2, -0.15) is 0 Å². The third-order valence-electron chi connectivity index (χ3n) is 3.81. The zero-order chi connectivity index (χ0) is 14.0. The van der Waals surface area contributed by atoms with Crippen LogP contribution in [-0.2, 0) is 11.2 Å². The lowest BCUT2D eigenvalue weighted by molar-refractivity contribution is -0.145. The van der Waals surface area contributed by atoms with E-state index in [1.807, 2.05) is 13.8 Å². The number of piperidine rings is 1. The summed E-state index contributed by atoms with van der Waals surface area (Å²) in [6.07, 6.45) is 2.72. The monoisotopic (exact) mass is 265 g/mol. The fourth-order valence-electron chi connectivity index (χ4n) is 2.67. The van der Waals surface area contributed by atoms with E-state index in [0.717, 1.165) is 0 Å². The minimum atomic E-state index is -0.767. The van der Waals surface area contributed by atoms with Crippen LogP contribution in [0.25, 0.3) is 0 Å². The van der Waals surface area contributed by atoms with Crippen LogP contribution in [0.5, 0.6) is 0 Å². The van der Waals surface area contributed by atoms with E-state index in [4.69, 9.17) is 9.52 Å². The fraction of sp³-hybridized carbons (Fsp3) is 0.571. The van der Waals surface area contributed by atoms with Crippen LogP contribution in [0.15, 0.2) is 16.7 Å². The molecule has 0 aromatic carbocycles. The summed E-state index contributed by atoms with van der Waals surface area (Å²) < 4.78 is 5.27. The van der Waals surface area contributed by atoms with Crippen molar-refractivity contribution in [2.75, 3.05) is 13.1 Å². The number of carbonyl (C=O) groups excluding carboxylic acids is 1. The molecule has 5 nitrogen and oxygen atoms in total. The van der Waals surface area contributed by atoms with Gasteiger partial charge in [0.05, 0.1) is 17.7 Å². The Hall–Kier alpha value is -1.78. The normalized spacial score (nSPS) is 23.4. The van der Waals surface area contributed by atoms with Crippen molar-refractivity contribution in [3.8, 4) is 0 Å². The van der Waals surface area contributed by atoms with Crippen LogP contribution < -0.4 is 0 Å². The molecule has 0 saturated carbocycles. The van der Waals surface area contributed by atoms with Gasteiger partial charge in [0.1, 0.15) is 5.76 Å². The van der Waals surface area contributed by atoms with Gasteiger partial charge in [0.25, 0.3) is 5.91 Å². The molecule has 1 N–H and O–H groups in total. The van der Waals surface area contributed by atoms with E-state index in [-0.39, 0.29) is 17.7 Å². The third kappa shape index (κ3) is 2.64. The number of carboxylic acid groups (broad SMARTS) is 1. The second-order valence-corrected chi connectivity index (χ2v) is 5.07. The largest absolute Gasteiger partial charge is 0.481 e. The zero-order valence-corrected chi connectivity index (χ0v) is 11.3. The number of carbonyl (C=O) groups is 2. The molecule has 19 heavy (non-hydrogen) atoms. The van der Waals surface area contributed by atoms with E-state index in [0.29, 0.717) is 37.3 Å². The number of aliphatic carboxylic acids is 1. The molecule has 0 bridgehead atoms. The molecule has 1 aromatic heterocycles. The maximum atomic E-state index is 12.4. The van der Waals surface area contributed by atoms with Crippen molar-refractivity contribution in [1.82, 2.24) is 4.90 Å². The van der Waals surface area contributed by atoms with Gasteiger partial charge in [-0.1, -0.05) is 13.8 Å². The molecule has 1 amide bonds. The van der Waals surface area contributed by atoms with Gasteiger partial charge >= 0.3 is 5.97 Å². The van der Waals surface area contributed by atoms with Crippen molar-refractivity contribution in [3.63, 3.8) is 0 Å². The molecule has 104 valence electrons. The molecule has 1 fully saturated rings. The second kappa shape index (κ2) is 5.47. The molecule has 0 spiro atoms. The van der Waals surface area contributed by atoms with Crippen molar-refractivity contribution < 1.29 is 19.1 Å². The molecule has 2 unspecified atom stereocenters. The molecule has 2 rings (SSSR count). The molecule has 1 aliphatic rings. The second-order valence-electron chi connectivity index (χ2n) is 5.07. The van der Waals surface area contributed by atoms with Gasteiger partial charge in [0, 0.05) is 19.5 Å². The quantitative estimate of drug-likeness (QED) is 0.907. The third-order valence-corrected chi connectivity index (χ3v) is 3.81. The van der Waals surface area contributed by atoms with Crippen molar-refractivity contribution >= 4 is 11.9 Å². The van der Waals surface area contributed by atoms with E-state index in [9.17, 15) is 9.59 Å². The molecule has 1 aliphatic heterocycles. The molecular weight excluding hydrogens is 246 g/mol. The van der Waals surface area contributed by atoms with Gasteiger partial charge in [-0.15, -0.1) is 0 Å². The van der Waals surface area contributed by atoms with Gasteiger partial charge in [-0.25, -0.2) is 0 Å². The summed E-state index contributed by atoms with van der Waals surface area (Å²) in [5, 5.41) is 9.08. The lowest BCUT2D eigenvalue weighted by atomic mass is 9.87. The molecular formula is C14H19NO4. The Balaban J connectivity index is 2.08. The maximum Gasteiger partial charge on any atom is 0.306 e. The van der Waals surface area contributed by atoms with E-state index < -0.39 is 5.97 Å². The number of furan rings is 1. The molecule has 1 saturated heterocycles. The van der Waals surface area contributed by atoms with E-state index >= 15 is 0 Å². The van der Waals surface area contributed by atoms with Crippen LogP contribution in [0.3, 0.4) is 0 Å². The topological polar surface area (TPSA) is 70.8 Å². The van der Waals surface area contributed by atoms with Gasteiger partial charge in [-0.3, -0.25) is 9.59 Å². The summed E-state index contributed by atoms with van der Waals surface area (Å²) in [6, 6.07) is 1.69. The molecule has 1 aromatic rings. The van der Waals surface area contributed by atoms with E-state index in [1.54, 1.807) is 11.0 Å². The first-order valence-corrected chi connectivity index (χ1v) is 6.63. The zero-order valence-electron chi connectivity index (χ0n) is 11.3. The Bertz CT molecular complexity index is 480. The number of hydrogen-bond donors (Lipinski definition) is 1. The summed E-state index contributed by atoms with van der Waals surface area (Å²) in [7, 11) is 0. The summed E-state index contributed by atoms with van der Waals surface area (Å²) in [6.45, 7) is 4.81. The Kier molecular flexibility index (Phi) is 3.93.